The first-order valence-electron chi connectivity index (χ1n) is 7.55. The van der Waals surface area contributed by atoms with Gasteiger partial charge in [0, 0.05) is 12.2 Å². The van der Waals surface area contributed by atoms with Crippen LogP contribution >= 0.6 is 12.2 Å². The van der Waals surface area contributed by atoms with Crippen LogP contribution in [-0.4, -0.2) is 31.0 Å². The third-order valence-electron chi connectivity index (χ3n) is 3.64. The molecule has 24 heavy (non-hydrogen) atoms. The number of aliphatic hydroxyl groups is 1. The van der Waals surface area contributed by atoms with Crippen molar-refractivity contribution in [1.29, 1.82) is 0 Å². The number of nitrogens with one attached hydrogen (secondary N) is 2. The molecule has 0 heterocycles. The first-order chi connectivity index (χ1) is 11.5. The molecule has 2 aromatic carbocycles. The zero-order valence-corrected chi connectivity index (χ0v) is 14.8. The van der Waals surface area contributed by atoms with E-state index < -0.39 is 6.10 Å². The van der Waals surface area contributed by atoms with Crippen molar-refractivity contribution in [2.45, 2.75) is 13.0 Å². The minimum absolute atomic E-state index is 0.285. The van der Waals surface area contributed by atoms with Crippen molar-refractivity contribution in [2.75, 3.05) is 26.1 Å². The van der Waals surface area contributed by atoms with Crippen molar-refractivity contribution < 1.29 is 14.6 Å². The van der Waals surface area contributed by atoms with Crippen molar-refractivity contribution in [3.63, 3.8) is 0 Å². The van der Waals surface area contributed by atoms with Crippen LogP contribution in [0.15, 0.2) is 42.5 Å². The number of aliphatic hydroxyl groups excluding tert-OH is 1. The highest BCUT2D eigenvalue weighted by atomic mass is 32.1. The molecule has 3 N–H and O–H groups in total. The average Bonchev–Trinajstić information content (AvgIpc) is 2.61. The first kappa shape index (κ1) is 18.0. The lowest BCUT2D eigenvalue weighted by molar-refractivity contribution is 0.181. The molecule has 0 aliphatic heterocycles. The van der Waals surface area contributed by atoms with E-state index in [2.05, 4.69) is 10.6 Å². The highest BCUT2D eigenvalue weighted by Gasteiger charge is 2.12. The molecule has 1 unspecified atom stereocenters. The summed E-state index contributed by atoms with van der Waals surface area (Å²) in [5, 5.41) is 16.9. The van der Waals surface area contributed by atoms with Crippen molar-refractivity contribution in [2.24, 2.45) is 0 Å². The number of thiocarbonyl (C=S) groups is 1. The standard InChI is InChI=1S/C18H22N2O3S/c1-12-6-4-5-7-14(12)20-18(24)19-11-15(21)13-8-9-16(22-2)17(10-13)23-3/h4-10,15,21H,11H2,1-3H3,(H2,19,20,24). The zero-order chi connectivity index (χ0) is 17.5. The summed E-state index contributed by atoms with van der Waals surface area (Å²) in [5.74, 6) is 1.20. The summed E-state index contributed by atoms with van der Waals surface area (Å²) in [4.78, 5) is 0. The SMILES string of the molecule is COc1ccc(C(O)CNC(=S)Nc2ccccc2C)cc1OC. The van der Waals surface area contributed by atoms with E-state index in [4.69, 9.17) is 21.7 Å². The first-order valence-corrected chi connectivity index (χ1v) is 7.96. The summed E-state index contributed by atoms with van der Waals surface area (Å²) in [6.07, 6.45) is -0.721. The maximum absolute atomic E-state index is 10.3. The number of anilines is 1. The Kier molecular flexibility index (Phi) is 6.40. The average molecular weight is 346 g/mol. The normalized spacial score (nSPS) is 11.5. The molecule has 5 nitrogen and oxygen atoms in total. The summed E-state index contributed by atoms with van der Waals surface area (Å²) >= 11 is 5.27. The molecule has 2 aromatic rings. The maximum Gasteiger partial charge on any atom is 0.170 e. The van der Waals surface area contributed by atoms with Crippen molar-refractivity contribution in [3.05, 3.63) is 53.6 Å². The van der Waals surface area contributed by atoms with Gasteiger partial charge in [-0.25, -0.2) is 0 Å². The molecular formula is C18H22N2O3S. The molecule has 0 saturated heterocycles. The molecule has 1 atom stereocenters. The number of hydrogen-bond acceptors (Lipinski definition) is 4. The van der Waals surface area contributed by atoms with Crippen molar-refractivity contribution in [1.82, 2.24) is 5.32 Å². The van der Waals surface area contributed by atoms with Gasteiger partial charge in [-0.1, -0.05) is 24.3 Å². The second-order valence-electron chi connectivity index (χ2n) is 5.28. The molecule has 6 heteroatoms. The van der Waals surface area contributed by atoms with Crippen LogP contribution in [0.25, 0.3) is 0 Å². The Morgan fingerprint density at radius 1 is 1.12 bits per heavy atom. The van der Waals surface area contributed by atoms with E-state index in [0.717, 1.165) is 16.8 Å². The molecule has 0 aromatic heterocycles. The molecule has 0 aliphatic rings. The second-order valence-corrected chi connectivity index (χ2v) is 5.69. The largest absolute Gasteiger partial charge is 0.493 e. The number of para-hydroxylation sites is 1. The molecule has 128 valence electrons. The van der Waals surface area contributed by atoms with Crippen LogP contribution in [0.1, 0.15) is 17.2 Å². The van der Waals surface area contributed by atoms with Crippen LogP contribution in [0.2, 0.25) is 0 Å². The van der Waals surface area contributed by atoms with E-state index in [1.807, 2.05) is 31.2 Å². The van der Waals surface area contributed by atoms with Gasteiger partial charge in [0.2, 0.25) is 0 Å². The number of methoxy groups -OCH3 is 2. The van der Waals surface area contributed by atoms with Gasteiger partial charge in [-0.3, -0.25) is 0 Å². The lowest BCUT2D eigenvalue weighted by Crippen LogP contribution is -2.32. The van der Waals surface area contributed by atoms with E-state index in [9.17, 15) is 5.11 Å². The predicted octanol–water partition coefficient (Wildman–Crippen LogP) is 3.03. The van der Waals surface area contributed by atoms with E-state index in [0.29, 0.717) is 16.6 Å². The summed E-state index contributed by atoms with van der Waals surface area (Å²) < 4.78 is 10.4. The van der Waals surface area contributed by atoms with Crippen LogP contribution in [0, 0.1) is 6.92 Å². The number of benzene rings is 2. The van der Waals surface area contributed by atoms with Gasteiger partial charge in [-0.2, -0.15) is 0 Å². The van der Waals surface area contributed by atoms with Crippen molar-refractivity contribution >= 4 is 23.0 Å². The van der Waals surface area contributed by atoms with Gasteiger partial charge >= 0.3 is 0 Å². The van der Waals surface area contributed by atoms with Gasteiger partial charge in [-0.05, 0) is 48.5 Å². The number of aryl methyl sites for hydroxylation is 1. The quantitative estimate of drug-likeness (QED) is 0.699. The minimum atomic E-state index is -0.721. The number of rotatable bonds is 6. The van der Waals surface area contributed by atoms with Gasteiger partial charge in [0.15, 0.2) is 16.6 Å². The second kappa shape index (κ2) is 8.52. The lowest BCUT2D eigenvalue weighted by Gasteiger charge is -2.17. The molecule has 0 spiro atoms. The molecule has 0 amide bonds. The monoisotopic (exact) mass is 346 g/mol. The zero-order valence-electron chi connectivity index (χ0n) is 14.0. The lowest BCUT2D eigenvalue weighted by atomic mass is 10.1. The van der Waals surface area contributed by atoms with Crippen LogP contribution < -0.4 is 20.1 Å². The van der Waals surface area contributed by atoms with Crippen LogP contribution in [0.4, 0.5) is 5.69 Å². The summed E-state index contributed by atoms with van der Waals surface area (Å²) in [5.41, 5.74) is 2.76. The summed E-state index contributed by atoms with van der Waals surface area (Å²) in [7, 11) is 3.14. The predicted molar refractivity (Wildman–Crippen MR) is 99.9 cm³/mol. The Hall–Kier alpha value is -2.31. The molecule has 0 fully saturated rings. The molecule has 2 rings (SSSR count). The minimum Gasteiger partial charge on any atom is -0.493 e. The third kappa shape index (κ3) is 4.59. The fourth-order valence-corrected chi connectivity index (χ4v) is 2.44. The molecule has 0 aliphatic carbocycles. The van der Waals surface area contributed by atoms with E-state index >= 15 is 0 Å². The highest BCUT2D eigenvalue weighted by molar-refractivity contribution is 7.80. The fourth-order valence-electron chi connectivity index (χ4n) is 2.25. The van der Waals surface area contributed by atoms with Gasteiger partial charge in [-0.15, -0.1) is 0 Å². The maximum atomic E-state index is 10.3. The van der Waals surface area contributed by atoms with Gasteiger partial charge in [0.05, 0.1) is 20.3 Å². The summed E-state index contributed by atoms with van der Waals surface area (Å²) in [6.45, 7) is 2.29. The van der Waals surface area contributed by atoms with Gasteiger partial charge < -0.3 is 25.2 Å². The van der Waals surface area contributed by atoms with Crippen molar-refractivity contribution in [3.8, 4) is 11.5 Å². The van der Waals surface area contributed by atoms with Gasteiger partial charge in [0.25, 0.3) is 0 Å². The Morgan fingerprint density at radius 2 is 1.83 bits per heavy atom. The molecular weight excluding hydrogens is 324 g/mol. The van der Waals surface area contributed by atoms with Crippen LogP contribution in [0.5, 0.6) is 11.5 Å². The van der Waals surface area contributed by atoms with Crippen LogP contribution in [-0.2, 0) is 0 Å². The number of ether oxygens (including phenoxy) is 2. The van der Waals surface area contributed by atoms with Gasteiger partial charge in [0.1, 0.15) is 0 Å². The topological polar surface area (TPSA) is 62.8 Å². The van der Waals surface area contributed by atoms with E-state index in [1.54, 1.807) is 32.4 Å². The van der Waals surface area contributed by atoms with Crippen LogP contribution in [0.3, 0.4) is 0 Å². The Labute approximate surface area is 147 Å². The molecule has 0 saturated carbocycles. The highest BCUT2D eigenvalue weighted by Crippen LogP contribution is 2.29. The fraction of sp³-hybridized carbons (Fsp3) is 0.278. The molecule has 0 bridgehead atoms. The Morgan fingerprint density at radius 3 is 2.50 bits per heavy atom. The Balaban J connectivity index is 1.94. The summed E-state index contributed by atoms with van der Waals surface area (Å²) in [6, 6.07) is 13.2. The Bertz CT molecular complexity index is 706. The molecule has 0 radical (unpaired) electrons. The third-order valence-corrected chi connectivity index (χ3v) is 3.89. The number of hydrogen-bond donors (Lipinski definition) is 3. The van der Waals surface area contributed by atoms with E-state index in [1.165, 1.54) is 0 Å². The smallest absolute Gasteiger partial charge is 0.170 e. The van der Waals surface area contributed by atoms with E-state index in [-0.39, 0.29) is 6.54 Å².